The second kappa shape index (κ2) is 5.10. The molecule has 0 aliphatic carbocycles. The summed E-state index contributed by atoms with van der Waals surface area (Å²) in [6.45, 7) is 1.84. The summed E-state index contributed by atoms with van der Waals surface area (Å²) in [4.78, 5) is 7.97. The van der Waals surface area contributed by atoms with Crippen LogP contribution in [0.4, 0.5) is 4.39 Å². The van der Waals surface area contributed by atoms with E-state index in [0.717, 1.165) is 5.56 Å². The SMILES string of the molecule is COc1cccc(C(O)c2ncc(C)cn2)c1F. The standard InChI is InChI=1S/C13H13FN2O2/c1-8-6-15-13(16-7-8)12(17)9-4-3-5-10(18-2)11(9)14/h3-7,12,17H,1-2H3. The fraction of sp³-hybridized carbons (Fsp3) is 0.231. The summed E-state index contributed by atoms with van der Waals surface area (Å²) < 4.78 is 18.8. The van der Waals surface area contributed by atoms with Crippen LogP contribution in [0.3, 0.4) is 0 Å². The van der Waals surface area contributed by atoms with E-state index < -0.39 is 11.9 Å². The lowest BCUT2D eigenvalue weighted by Crippen LogP contribution is -2.08. The molecule has 1 atom stereocenters. The van der Waals surface area contributed by atoms with Gasteiger partial charge in [-0.05, 0) is 18.6 Å². The number of aliphatic hydroxyl groups excluding tert-OH is 1. The summed E-state index contributed by atoms with van der Waals surface area (Å²) in [7, 11) is 1.37. The zero-order valence-electron chi connectivity index (χ0n) is 10.1. The molecule has 0 saturated carbocycles. The van der Waals surface area contributed by atoms with Gasteiger partial charge in [0.05, 0.1) is 7.11 Å². The predicted molar refractivity (Wildman–Crippen MR) is 63.8 cm³/mol. The van der Waals surface area contributed by atoms with Gasteiger partial charge in [0.2, 0.25) is 0 Å². The highest BCUT2D eigenvalue weighted by Gasteiger charge is 2.19. The van der Waals surface area contributed by atoms with Gasteiger partial charge in [0.25, 0.3) is 0 Å². The van der Waals surface area contributed by atoms with Crippen molar-refractivity contribution in [2.45, 2.75) is 13.0 Å². The van der Waals surface area contributed by atoms with Crippen molar-refractivity contribution in [1.29, 1.82) is 0 Å². The lowest BCUT2D eigenvalue weighted by atomic mass is 10.1. The quantitative estimate of drug-likeness (QED) is 0.902. The van der Waals surface area contributed by atoms with Crippen LogP contribution in [-0.2, 0) is 0 Å². The van der Waals surface area contributed by atoms with Gasteiger partial charge >= 0.3 is 0 Å². The van der Waals surface area contributed by atoms with E-state index in [0.29, 0.717) is 0 Å². The number of ether oxygens (including phenoxy) is 1. The molecule has 1 N–H and O–H groups in total. The lowest BCUT2D eigenvalue weighted by molar-refractivity contribution is 0.203. The summed E-state index contributed by atoms with van der Waals surface area (Å²) >= 11 is 0. The van der Waals surface area contributed by atoms with Crippen molar-refractivity contribution in [3.8, 4) is 5.75 Å². The molecule has 18 heavy (non-hydrogen) atoms. The zero-order valence-corrected chi connectivity index (χ0v) is 10.1. The van der Waals surface area contributed by atoms with E-state index in [1.165, 1.54) is 19.2 Å². The van der Waals surface area contributed by atoms with Crippen LogP contribution in [0.15, 0.2) is 30.6 Å². The molecule has 4 nitrogen and oxygen atoms in total. The van der Waals surface area contributed by atoms with E-state index in [2.05, 4.69) is 9.97 Å². The summed E-state index contributed by atoms with van der Waals surface area (Å²) in [5.74, 6) is -0.358. The topological polar surface area (TPSA) is 55.2 Å². The Hall–Kier alpha value is -2.01. The number of aliphatic hydroxyl groups is 1. The molecule has 0 amide bonds. The molecule has 2 aromatic rings. The molecule has 0 radical (unpaired) electrons. The van der Waals surface area contributed by atoms with Gasteiger partial charge in [-0.25, -0.2) is 14.4 Å². The average Bonchev–Trinajstić information content (AvgIpc) is 2.39. The average molecular weight is 248 g/mol. The maximum Gasteiger partial charge on any atom is 0.171 e. The third kappa shape index (κ3) is 2.31. The minimum absolute atomic E-state index is 0.0821. The molecule has 1 aromatic heterocycles. The molecule has 5 heteroatoms. The molecule has 94 valence electrons. The van der Waals surface area contributed by atoms with E-state index in [1.807, 2.05) is 6.92 Å². The van der Waals surface area contributed by atoms with Crippen molar-refractivity contribution in [1.82, 2.24) is 9.97 Å². The van der Waals surface area contributed by atoms with Gasteiger partial charge in [-0.1, -0.05) is 12.1 Å². The van der Waals surface area contributed by atoms with Crippen LogP contribution in [-0.4, -0.2) is 22.2 Å². The highest BCUT2D eigenvalue weighted by Crippen LogP contribution is 2.27. The Morgan fingerprint density at radius 1 is 1.28 bits per heavy atom. The first kappa shape index (κ1) is 12.4. The number of methoxy groups -OCH3 is 1. The molecule has 0 fully saturated rings. The van der Waals surface area contributed by atoms with E-state index in [1.54, 1.807) is 18.5 Å². The lowest BCUT2D eigenvalue weighted by Gasteiger charge is -2.12. The van der Waals surface area contributed by atoms with Crippen LogP contribution in [0, 0.1) is 12.7 Å². The number of aromatic nitrogens is 2. The van der Waals surface area contributed by atoms with Crippen LogP contribution in [0.1, 0.15) is 23.1 Å². The number of hydrogen-bond acceptors (Lipinski definition) is 4. The van der Waals surface area contributed by atoms with E-state index in [9.17, 15) is 9.50 Å². The maximum atomic E-state index is 13.9. The Morgan fingerprint density at radius 2 is 1.94 bits per heavy atom. The fourth-order valence-corrected chi connectivity index (χ4v) is 1.58. The number of nitrogens with zero attached hydrogens (tertiary/aromatic N) is 2. The van der Waals surface area contributed by atoms with Gasteiger partial charge in [-0.15, -0.1) is 0 Å². The van der Waals surface area contributed by atoms with E-state index in [-0.39, 0.29) is 17.1 Å². The Balaban J connectivity index is 2.39. The molecule has 0 aliphatic rings. The monoisotopic (exact) mass is 248 g/mol. The third-order valence-electron chi connectivity index (χ3n) is 2.55. The number of hydrogen-bond donors (Lipinski definition) is 1. The molecule has 1 heterocycles. The first-order chi connectivity index (χ1) is 8.63. The highest BCUT2D eigenvalue weighted by molar-refractivity contribution is 5.34. The first-order valence-corrected chi connectivity index (χ1v) is 5.42. The van der Waals surface area contributed by atoms with Crippen molar-refractivity contribution >= 4 is 0 Å². The van der Waals surface area contributed by atoms with Crippen molar-refractivity contribution < 1.29 is 14.2 Å². The number of aryl methyl sites for hydroxylation is 1. The largest absolute Gasteiger partial charge is 0.494 e. The first-order valence-electron chi connectivity index (χ1n) is 5.42. The third-order valence-corrected chi connectivity index (χ3v) is 2.55. The van der Waals surface area contributed by atoms with Crippen molar-refractivity contribution in [3.05, 3.63) is 53.4 Å². The Kier molecular flexibility index (Phi) is 3.53. The molecular weight excluding hydrogens is 235 g/mol. The van der Waals surface area contributed by atoms with Gasteiger partial charge in [0.1, 0.15) is 6.10 Å². The van der Waals surface area contributed by atoms with E-state index >= 15 is 0 Å². The summed E-state index contributed by atoms with van der Waals surface area (Å²) in [5.41, 5.74) is 0.968. The van der Waals surface area contributed by atoms with Gasteiger partial charge < -0.3 is 9.84 Å². The van der Waals surface area contributed by atoms with Crippen LogP contribution in [0.5, 0.6) is 5.75 Å². The summed E-state index contributed by atoms with van der Waals surface area (Å²) in [6.07, 6.45) is 1.94. The number of halogens is 1. The zero-order chi connectivity index (χ0) is 13.1. The highest BCUT2D eigenvalue weighted by atomic mass is 19.1. The molecular formula is C13H13FN2O2. The van der Waals surface area contributed by atoms with Gasteiger partial charge in [-0.2, -0.15) is 0 Å². The summed E-state index contributed by atoms with van der Waals surface area (Å²) in [6, 6.07) is 4.57. The van der Waals surface area contributed by atoms with Crippen LogP contribution >= 0.6 is 0 Å². The molecule has 1 aromatic carbocycles. The predicted octanol–water partition coefficient (Wildman–Crippen LogP) is 2.01. The number of rotatable bonds is 3. The van der Waals surface area contributed by atoms with Crippen LogP contribution in [0.25, 0.3) is 0 Å². The van der Waals surface area contributed by atoms with Crippen molar-refractivity contribution in [3.63, 3.8) is 0 Å². The smallest absolute Gasteiger partial charge is 0.171 e. The Morgan fingerprint density at radius 3 is 2.56 bits per heavy atom. The van der Waals surface area contributed by atoms with Crippen LogP contribution in [0.2, 0.25) is 0 Å². The second-order valence-electron chi connectivity index (χ2n) is 3.88. The summed E-state index contributed by atoms with van der Waals surface area (Å²) in [5, 5.41) is 10.1. The normalized spacial score (nSPS) is 12.2. The number of benzene rings is 1. The fourth-order valence-electron chi connectivity index (χ4n) is 1.58. The van der Waals surface area contributed by atoms with Gasteiger partial charge in [-0.3, -0.25) is 0 Å². The maximum absolute atomic E-state index is 13.9. The van der Waals surface area contributed by atoms with Crippen molar-refractivity contribution in [2.24, 2.45) is 0 Å². The molecule has 0 spiro atoms. The second-order valence-corrected chi connectivity index (χ2v) is 3.88. The van der Waals surface area contributed by atoms with E-state index in [4.69, 9.17) is 4.74 Å². The Labute approximate surface area is 104 Å². The van der Waals surface area contributed by atoms with Crippen LogP contribution < -0.4 is 4.74 Å². The molecule has 2 rings (SSSR count). The van der Waals surface area contributed by atoms with Crippen molar-refractivity contribution in [2.75, 3.05) is 7.11 Å². The molecule has 0 aliphatic heterocycles. The van der Waals surface area contributed by atoms with Gasteiger partial charge in [0.15, 0.2) is 17.4 Å². The minimum atomic E-state index is -1.21. The molecule has 0 bridgehead atoms. The minimum Gasteiger partial charge on any atom is -0.494 e. The van der Waals surface area contributed by atoms with Gasteiger partial charge in [0, 0.05) is 18.0 Å². The Bertz CT molecular complexity index is 543. The molecule has 1 unspecified atom stereocenters. The molecule has 0 saturated heterocycles.